The summed E-state index contributed by atoms with van der Waals surface area (Å²) in [6, 6.07) is 21.8. The van der Waals surface area contributed by atoms with Gasteiger partial charge < -0.3 is 9.88 Å². The van der Waals surface area contributed by atoms with Crippen LogP contribution >= 0.6 is 0 Å². The van der Waals surface area contributed by atoms with Gasteiger partial charge in [-0.1, -0.05) is 48.5 Å². The summed E-state index contributed by atoms with van der Waals surface area (Å²) < 4.78 is 2.14. The van der Waals surface area contributed by atoms with Gasteiger partial charge in [0.25, 0.3) is 5.91 Å². The number of carbonyl (C=O) groups is 1. The Balaban J connectivity index is 1.51. The number of aromatic nitrogens is 2. The van der Waals surface area contributed by atoms with E-state index < -0.39 is 0 Å². The predicted octanol–water partition coefficient (Wildman–Crippen LogP) is 3.93. The van der Waals surface area contributed by atoms with Gasteiger partial charge in [-0.25, -0.2) is 4.98 Å². The summed E-state index contributed by atoms with van der Waals surface area (Å²) in [7, 11) is 0. The van der Waals surface area contributed by atoms with Gasteiger partial charge in [0.1, 0.15) is 5.82 Å². The average molecular weight is 329 g/mol. The highest BCUT2D eigenvalue weighted by molar-refractivity contribution is 6.06. The molecule has 1 aromatic heterocycles. The molecule has 1 N–H and O–H groups in total. The van der Waals surface area contributed by atoms with Gasteiger partial charge in [0.15, 0.2) is 0 Å². The molecule has 0 spiro atoms. The van der Waals surface area contributed by atoms with E-state index in [4.69, 9.17) is 0 Å². The number of benzene rings is 3. The monoisotopic (exact) mass is 329 g/mol. The number of nitrogens with one attached hydrogen (secondary N) is 1. The maximum Gasteiger partial charge on any atom is 0.251 e. The van der Waals surface area contributed by atoms with E-state index in [0.717, 1.165) is 27.6 Å². The quantitative estimate of drug-likeness (QED) is 0.617. The van der Waals surface area contributed by atoms with Gasteiger partial charge in [-0.2, -0.15) is 0 Å². The van der Waals surface area contributed by atoms with Crippen LogP contribution in [-0.2, 0) is 6.54 Å². The summed E-state index contributed by atoms with van der Waals surface area (Å²) in [6.07, 6.45) is 0. The lowest BCUT2D eigenvalue weighted by atomic mass is 10.0. The molecule has 0 aliphatic rings. The molecule has 4 heteroatoms. The van der Waals surface area contributed by atoms with E-state index in [9.17, 15) is 4.79 Å². The third kappa shape index (κ3) is 2.87. The molecule has 0 saturated heterocycles. The van der Waals surface area contributed by atoms with Gasteiger partial charge in [-0.3, -0.25) is 4.79 Å². The maximum absolute atomic E-state index is 12.6. The zero-order valence-corrected chi connectivity index (χ0v) is 14.1. The molecule has 4 rings (SSSR count). The van der Waals surface area contributed by atoms with Crippen molar-refractivity contribution in [3.63, 3.8) is 0 Å². The number of fused-ring (bicyclic) bond motifs is 2. The van der Waals surface area contributed by atoms with Crippen molar-refractivity contribution >= 4 is 27.7 Å². The second-order valence-electron chi connectivity index (χ2n) is 6.08. The zero-order chi connectivity index (χ0) is 17.2. The highest BCUT2D eigenvalue weighted by Gasteiger charge is 2.10. The van der Waals surface area contributed by atoms with E-state index in [1.165, 1.54) is 0 Å². The molecule has 3 aromatic carbocycles. The van der Waals surface area contributed by atoms with Crippen LogP contribution in [0, 0.1) is 6.92 Å². The molecular weight excluding hydrogens is 310 g/mol. The SMILES string of the molecule is Cc1nc2ccccc2n1CCNC(=O)c1cccc2ccccc12. The van der Waals surface area contributed by atoms with Crippen LogP contribution in [0.1, 0.15) is 16.2 Å². The van der Waals surface area contributed by atoms with Gasteiger partial charge in [0.05, 0.1) is 11.0 Å². The standard InChI is InChI=1S/C21H19N3O/c1-15-23-19-11-4-5-12-20(19)24(15)14-13-22-21(25)18-10-6-8-16-7-2-3-9-17(16)18/h2-12H,13-14H2,1H3,(H,22,25). The molecule has 124 valence electrons. The van der Waals surface area contributed by atoms with Gasteiger partial charge in [-0.05, 0) is 35.9 Å². The molecule has 0 atom stereocenters. The molecule has 0 fully saturated rings. The fraction of sp³-hybridized carbons (Fsp3) is 0.143. The Morgan fingerprint density at radius 1 is 1.00 bits per heavy atom. The number of hydrogen-bond acceptors (Lipinski definition) is 2. The molecule has 25 heavy (non-hydrogen) atoms. The van der Waals surface area contributed by atoms with Crippen molar-refractivity contribution in [2.45, 2.75) is 13.5 Å². The number of aryl methyl sites for hydroxylation is 1. The van der Waals surface area contributed by atoms with E-state index in [2.05, 4.69) is 20.9 Å². The Morgan fingerprint density at radius 2 is 1.76 bits per heavy atom. The first-order valence-electron chi connectivity index (χ1n) is 8.42. The van der Waals surface area contributed by atoms with Crippen molar-refractivity contribution in [1.29, 1.82) is 0 Å². The fourth-order valence-corrected chi connectivity index (χ4v) is 3.28. The van der Waals surface area contributed by atoms with E-state index >= 15 is 0 Å². The molecule has 4 nitrogen and oxygen atoms in total. The minimum atomic E-state index is -0.0427. The highest BCUT2D eigenvalue weighted by Crippen LogP contribution is 2.18. The fourth-order valence-electron chi connectivity index (χ4n) is 3.28. The molecule has 0 aliphatic heterocycles. The third-order valence-electron chi connectivity index (χ3n) is 4.50. The molecule has 0 unspecified atom stereocenters. The highest BCUT2D eigenvalue weighted by atomic mass is 16.1. The first-order chi connectivity index (χ1) is 12.2. The third-order valence-corrected chi connectivity index (χ3v) is 4.50. The van der Waals surface area contributed by atoms with Crippen LogP contribution in [-0.4, -0.2) is 22.0 Å². The number of para-hydroxylation sites is 2. The van der Waals surface area contributed by atoms with Crippen molar-refractivity contribution in [1.82, 2.24) is 14.9 Å². The van der Waals surface area contributed by atoms with E-state index in [1.54, 1.807) is 0 Å². The molecule has 1 amide bonds. The maximum atomic E-state index is 12.6. The zero-order valence-electron chi connectivity index (χ0n) is 14.1. The molecule has 0 aliphatic carbocycles. The van der Waals surface area contributed by atoms with Crippen molar-refractivity contribution in [2.24, 2.45) is 0 Å². The largest absolute Gasteiger partial charge is 0.350 e. The van der Waals surface area contributed by atoms with Crippen LogP contribution in [0.5, 0.6) is 0 Å². The van der Waals surface area contributed by atoms with Gasteiger partial charge in [0.2, 0.25) is 0 Å². The number of carbonyl (C=O) groups excluding carboxylic acids is 1. The summed E-state index contributed by atoms with van der Waals surface area (Å²) >= 11 is 0. The molecule has 0 bridgehead atoms. The predicted molar refractivity (Wildman–Crippen MR) is 101 cm³/mol. The number of rotatable bonds is 4. The van der Waals surface area contributed by atoms with Crippen LogP contribution in [0.3, 0.4) is 0 Å². The Kier molecular flexibility index (Phi) is 3.94. The first kappa shape index (κ1) is 15.4. The van der Waals surface area contributed by atoms with Crippen molar-refractivity contribution in [2.75, 3.05) is 6.54 Å². The lowest BCUT2D eigenvalue weighted by molar-refractivity contribution is 0.0954. The van der Waals surface area contributed by atoms with Crippen molar-refractivity contribution in [3.05, 3.63) is 78.1 Å². The topological polar surface area (TPSA) is 46.9 Å². The van der Waals surface area contributed by atoms with Crippen LogP contribution < -0.4 is 5.32 Å². The summed E-state index contributed by atoms with van der Waals surface area (Å²) in [4.78, 5) is 17.2. The van der Waals surface area contributed by atoms with Crippen LogP contribution in [0.2, 0.25) is 0 Å². The number of nitrogens with zero attached hydrogens (tertiary/aromatic N) is 2. The Labute approximate surface area is 146 Å². The molecule has 1 heterocycles. The smallest absolute Gasteiger partial charge is 0.251 e. The summed E-state index contributed by atoms with van der Waals surface area (Å²) in [6.45, 7) is 3.25. The molecule has 0 radical (unpaired) electrons. The summed E-state index contributed by atoms with van der Waals surface area (Å²) in [5.41, 5.74) is 2.80. The van der Waals surface area contributed by atoms with Crippen molar-refractivity contribution in [3.8, 4) is 0 Å². The van der Waals surface area contributed by atoms with E-state index in [-0.39, 0.29) is 5.91 Å². The second kappa shape index (κ2) is 6.40. The van der Waals surface area contributed by atoms with Gasteiger partial charge >= 0.3 is 0 Å². The van der Waals surface area contributed by atoms with Gasteiger partial charge in [-0.15, -0.1) is 0 Å². The average Bonchev–Trinajstić information content (AvgIpc) is 2.96. The molecular formula is C21H19N3O. The second-order valence-corrected chi connectivity index (χ2v) is 6.08. The molecule has 0 saturated carbocycles. The number of amides is 1. The lowest BCUT2D eigenvalue weighted by Crippen LogP contribution is -2.27. The first-order valence-corrected chi connectivity index (χ1v) is 8.42. The summed E-state index contributed by atoms with van der Waals surface area (Å²) in [5.74, 6) is 0.916. The van der Waals surface area contributed by atoms with Crippen LogP contribution in [0.4, 0.5) is 0 Å². The Morgan fingerprint density at radius 3 is 2.68 bits per heavy atom. The number of hydrogen-bond donors (Lipinski definition) is 1. The Hall–Kier alpha value is -3.14. The Bertz CT molecular complexity index is 1060. The summed E-state index contributed by atoms with van der Waals surface area (Å²) in [5, 5.41) is 5.09. The van der Waals surface area contributed by atoms with Crippen LogP contribution in [0.15, 0.2) is 66.7 Å². The minimum Gasteiger partial charge on any atom is -0.350 e. The van der Waals surface area contributed by atoms with Gasteiger partial charge in [0, 0.05) is 18.7 Å². The molecule has 4 aromatic rings. The van der Waals surface area contributed by atoms with Crippen LogP contribution in [0.25, 0.3) is 21.8 Å². The normalized spacial score (nSPS) is 11.1. The van der Waals surface area contributed by atoms with Crippen molar-refractivity contribution < 1.29 is 4.79 Å². The number of imidazole rings is 1. The lowest BCUT2D eigenvalue weighted by Gasteiger charge is -2.10. The minimum absolute atomic E-state index is 0.0427. The van der Waals surface area contributed by atoms with E-state index in [0.29, 0.717) is 18.7 Å². The van der Waals surface area contributed by atoms with E-state index in [1.807, 2.05) is 67.6 Å².